The van der Waals surface area contributed by atoms with Gasteiger partial charge in [-0.15, -0.1) is 0 Å². The molecule has 0 aliphatic carbocycles. The first-order valence-corrected chi connectivity index (χ1v) is 6.62. The molecule has 1 rings (SSSR count). The molecule has 0 radical (unpaired) electrons. The summed E-state index contributed by atoms with van der Waals surface area (Å²) in [6.45, 7) is 1.85. The van der Waals surface area contributed by atoms with Gasteiger partial charge in [-0.3, -0.25) is 0 Å². The zero-order valence-corrected chi connectivity index (χ0v) is 10.5. The highest BCUT2D eigenvalue weighted by Crippen LogP contribution is 2.33. The highest BCUT2D eigenvalue weighted by molar-refractivity contribution is 7.98. The Morgan fingerprint density at radius 1 is 1.47 bits per heavy atom. The van der Waals surface area contributed by atoms with Crippen molar-refractivity contribution in [2.24, 2.45) is 0 Å². The van der Waals surface area contributed by atoms with Gasteiger partial charge in [0.15, 0.2) is 0 Å². The summed E-state index contributed by atoms with van der Waals surface area (Å²) in [4.78, 5) is 3.76. The summed E-state index contributed by atoms with van der Waals surface area (Å²) in [5.74, 6) is 0.816. The van der Waals surface area contributed by atoms with Crippen LogP contribution < -0.4 is 5.32 Å². The number of nitrogens with zero attached hydrogens (tertiary/aromatic N) is 1. The van der Waals surface area contributed by atoms with Crippen LogP contribution in [-0.2, 0) is 6.18 Å². The first kappa shape index (κ1) is 14.2. The molecule has 0 aliphatic heterocycles. The van der Waals surface area contributed by atoms with Crippen molar-refractivity contribution >= 4 is 17.6 Å². The number of halogens is 3. The molecule has 0 saturated heterocycles. The molecule has 2 nitrogen and oxygen atoms in total. The maximum Gasteiger partial charge on any atom is 0.419 e. The largest absolute Gasteiger partial charge is 0.419 e. The topological polar surface area (TPSA) is 24.9 Å². The van der Waals surface area contributed by atoms with Gasteiger partial charge in [0.25, 0.3) is 0 Å². The van der Waals surface area contributed by atoms with Crippen molar-refractivity contribution in [3.05, 3.63) is 23.9 Å². The SMILES string of the molecule is CSCCC(C)Nc1ncccc1C(F)(F)F. The third-order valence-electron chi connectivity index (χ3n) is 2.25. The van der Waals surface area contributed by atoms with Crippen LogP contribution in [0.25, 0.3) is 0 Å². The summed E-state index contributed by atoms with van der Waals surface area (Å²) in [6.07, 6.45) is -0.238. The minimum Gasteiger partial charge on any atom is -0.367 e. The number of nitrogens with one attached hydrogen (secondary N) is 1. The Bertz CT molecular complexity index is 355. The van der Waals surface area contributed by atoms with Crippen molar-refractivity contribution in [3.8, 4) is 0 Å². The second-order valence-electron chi connectivity index (χ2n) is 3.72. The molecule has 0 spiro atoms. The van der Waals surface area contributed by atoms with E-state index in [-0.39, 0.29) is 11.9 Å². The molecule has 1 unspecified atom stereocenters. The van der Waals surface area contributed by atoms with Gasteiger partial charge >= 0.3 is 6.18 Å². The molecule has 1 heterocycles. The Hall–Kier alpha value is -0.910. The van der Waals surface area contributed by atoms with Crippen molar-refractivity contribution in [2.75, 3.05) is 17.3 Å². The fraction of sp³-hybridized carbons (Fsp3) is 0.545. The molecule has 0 aliphatic rings. The van der Waals surface area contributed by atoms with E-state index < -0.39 is 11.7 Å². The summed E-state index contributed by atoms with van der Waals surface area (Å²) < 4.78 is 38.0. The number of alkyl halides is 3. The van der Waals surface area contributed by atoms with Crippen LogP contribution in [-0.4, -0.2) is 23.0 Å². The molecule has 96 valence electrons. The molecule has 0 amide bonds. The first-order chi connectivity index (χ1) is 7.95. The zero-order chi connectivity index (χ0) is 12.9. The van der Waals surface area contributed by atoms with E-state index in [2.05, 4.69) is 10.3 Å². The van der Waals surface area contributed by atoms with Gasteiger partial charge in [-0.1, -0.05) is 0 Å². The third kappa shape index (κ3) is 4.46. The molecule has 0 aromatic carbocycles. The van der Waals surface area contributed by atoms with Crippen LogP contribution in [0.4, 0.5) is 19.0 Å². The van der Waals surface area contributed by atoms with Crippen LogP contribution in [0.5, 0.6) is 0 Å². The molecule has 0 bridgehead atoms. The molecule has 0 fully saturated rings. The highest BCUT2D eigenvalue weighted by atomic mass is 32.2. The van der Waals surface area contributed by atoms with E-state index in [4.69, 9.17) is 0 Å². The molecule has 1 aromatic rings. The Kier molecular flexibility index (Phi) is 5.11. The van der Waals surface area contributed by atoms with E-state index >= 15 is 0 Å². The highest BCUT2D eigenvalue weighted by Gasteiger charge is 2.34. The molecule has 0 saturated carbocycles. The number of aromatic nitrogens is 1. The van der Waals surface area contributed by atoms with Gasteiger partial charge in [0.2, 0.25) is 0 Å². The number of pyridine rings is 1. The van der Waals surface area contributed by atoms with Crippen LogP contribution in [0.1, 0.15) is 18.9 Å². The van der Waals surface area contributed by atoms with E-state index in [9.17, 15) is 13.2 Å². The number of rotatable bonds is 5. The van der Waals surface area contributed by atoms with Crippen LogP contribution in [0.15, 0.2) is 18.3 Å². The standard InChI is InChI=1S/C11H15F3N2S/c1-8(5-7-17-2)16-10-9(11(12,13)14)4-3-6-15-10/h3-4,6,8H,5,7H2,1-2H3,(H,15,16). The van der Waals surface area contributed by atoms with E-state index in [1.54, 1.807) is 11.8 Å². The van der Waals surface area contributed by atoms with Crippen LogP contribution >= 0.6 is 11.8 Å². The van der Waals surface area contributed by atoms with E-state index in [0.29, 0.717) is 0 Å². The number of hydrogen-bond acceptors (Lipinski definition) is 3. The minimum atomic E-state index is -4.37. The fourth-order valence-electron chi connectivity index (χ4n) is 1.35. The molecule has 6 heteroatoms. The summed E-state index contributed by atoms with van der Waals surface area (Å²) in [5, 5.41) is 2.81. The predicted molar refractivity (Wildman–Crippen MR) is 65.3 cm³/mol. The molecule has 17 heavy (non-hydrogen) atoms. The Morgan fingerprint density at radius 2 is 2.18 bits per heavy atom. The second-order valence-corrected chi connectivity index (χ2v) is 4.71. The van der Waals surface area contributed by atoms with Gasteiger partial charge in [-0.2, -0.15) is 24.9 Å². The monoisotopic (exact) mass is 264 g/mol. The zero-order valence-electron chi connectivity index (χ0n) is 9.71. The average Bonchev–Trinajstić information content (AvgIpc) is 2.25. The molecule has 1 aromatic heterocycles. The van der Waals surface area contributed by atoms with E-state index in [1.165, 1.54) is 12.3 Å². The Balaban J connectivity index is 2.77. The first-order valence-electron chi connectivity index (χ1n) is 5.23. The van der Waals surface area contributed by atoms with Gasteiger partial charge in [-0.05, 0) is 37.5 Å². The minimum absolute atomic E-state index is 0.0292. The summed E-state index contributed by atoms with van der Waals surface area (Å²) in [5.41, 5.74) is -0.712. The lowest BCUT2D eigenvalue weighted by Gasteiger charge is -2.17. The number of thioether (sulfide) groups is 1. The van der Waals surface area contributed by atoms with E-state index in [0.717, 1.165) is 18.2 Å². The van der Waals surface area contributed by atoms with Gasteiger partial charge in [0.05, 0.1) is 5.56 Å². The second kappa shape index (κ2) is 6.14. The molecular weight excluding hydrogens is 249 g/mol. The lowest BCUT2D eigenvalue weighted by atomic mass is 10.2. The predicted octanol–water partition coefficient (Wildman–Crippen LogP) is 3.65. The van der Waals surface area contributed by atoms with Gasteiger partial charge in [-0.25, -0.2) is 4.98 Å². The van der Waals surface area contributed by atoms with Crippen LogP contribution in [0, 0.1) is 0 Å². The smallest absolute Gasteiger partial charge is 0.367 e. The van der Waals surface area contributed by atoms with Gasteiger partial charge < -0.3 is 5.32 Å². The lowest BCUT2D eigenvalue weighted by molar-refractivity contribution is -0.137. The van der Waals surface area contributed by atoms with Crippen LogP contribution in [0.3, 0.4) is 0 Å². The number of anilines is 1. The van der Waals surface area contributed by atoms with E-state index in [1.807, 2.05) is 13.2 Å². The third-order valence-corrected chi connectivity index (χ3v) is 2.90. The fourth-order valence-corrected chi connectivity index (χ4v) is 1.94. The van der Waals surface area contributed by atoms with Gasteiger partial charge in [0.1, 0.15) is 5.82 Å². The van der Waals surface area contributed by atoms with Crippen molar-refractivity contribution < 1.29 is 13.2 Å². The normalized spacial score (nSPS) is 13.5. The number of hydrogen-bond donors (Lipinski definition) is 1. The Morgan fingerprint density at radius 3 is 2.76 bits per heavy atom. The van der Waals surface area contributed by atoms with Crippen molar-refractivity contribution in [2.45, 2.75) is 25.6 Å². The summed E-state index contributed by atoms with van der Waals surface area (Å²) in [7, 11) is 0. The average molecular weight is 264 g/mol. The van der Waals surface area contributed by atoms with Crippen molar-refractivity contribution in [1.29, 1.82) is 0 Å². The Labute approximate surface area is 103 Å². The van der Waals surface area contributed by atoms with Gasteiger partial charge in [0, 0.05) is 12.2 Å². The lowest BCUT2D eigenvalue weighted by Crippen LogP contribution is -2.20. The molecule has 1 N–H and O–H groups in total. The van der Waals surface area contributed by atoms with Crippen LogP contribution in [0.2, 0.25) is 0 Å². The quantitative estimate of drug-likeness (QED) is 0.878. The molecule has 1 atom stereocenters. The van der Waals surface area contributed by atoms with Crippen molar-refractivity contribution in [3.63, 3.8) is 0 Å². The summed E-state index contributed by atoms with van der Waals surface area (Å²) >= 11 is 1.67. The maximum atomic E-state index is 12.7. The van der Waals surface area contributed by atoms with Crippen molar-refractivity contribution in [1.82, 2.24) is 4.98 Å². The summed E-state index contributed by atoms with van der Waals surface area (Å²) in [6, 6.07) is 2.30. The molecular formula is C11H15F3N2S. The maximum absolute atomic E-state index is 12.7.